The first-order valence-corrected chi connectivity index (χ1v) is 8.82. The van der Waals surface area contributed by atoms with Gasteiger partial charge in [-0.2, -0.15) is 0 Å². The molecule has 0 unspecified atom stereocenters. The second kappa shape index (κ2) is 8.39. The van der Waals surface area contributed by atoms with Gasteiger partial charge in [0.15, 0.2) is 0 Å². The molecule has 0 spiro atoms. The molecule has 1 N–H and O–H groups in total. The van der Waals surface area contributed by atoms with Crippen LogP contribution in [0.15, 0.2) is 54.1 Å². The number of ether oxygens (including phenoxy) is 1. The highest BCUT2D eigenvalue weighted by Gasteiger charge is 2.36. The predicted molar refractivity (Wildman–Crippen MR) is 102 cm³/mol. The van der Waals surface area contributed by atoms with E-state index in [1.54, 1.807) is 36.4 Å². The van der Waals surface area contributed by atoms with Gasteiger partial charge in [0.25, 0.3) is 11.8 Å². The van der Waals surface area contributed by atoms with E-state index in [-0.39, 0.29) is 5.57 Å². The highest BCUT2D eigenvalue weighted by atomic mass is 16.5. The maximum absolute atomic E-state index is 12.8. The van der Waals surface area contributed by atoms with E-state index in [2.05, 4.69) is 5.32 Å². The molecule has 1 aliphatic rings. The van der Waals surface area contributed by atoms with Crippen LogP contribution >= 0.6 is 0 Å². The Kier molecular flexibility index (Phi) is 5.73. The third-order valence-corrected chi connectivity index (χ3v) is 4.25. The minimum atomic E-state index is -1.35. The third kappa shape index (κ3) is 4.49. The Bertz CT molecular complexity index is 993. The minimum Gasteiger partial charge on any atom is -0.546 e. The second-order valence-electron chi connectivity index (χ2n) is 6.21. The summed E-state index contributed by atoms with van der Waals surface area (Å²) in [5.74, 6) is -2.58. The Morgan fingerprint density at radius 2 is 1.72 bits per heavy atom. The molecule has 2 aromatic rings. The number of carbonyl (C=O) groups excluding carboxylic acids is 4. The van der Waals surface area contributed by atoms with E-state index in [1.807, 2.05) is 6.92 Å². The molecule has 29 heavy (non-hydrogen) atoms. The fourth-order valence-electron chi connectivity index (χ4n) is 2.74. The SMILES string of the molecule is CCc1ccc(N2C(=O)NC(=O)/C(=C\c3ccc(OCC(=O)[O-])cc3)C2=O)cc1. The number of hydrogen-bond acceptors (Lipinski definition) is 6. The molecular formula is C21H17N2O6-. The first-order chi connectivity index (χ1) is 13.9. The topological polar surface area (TPSA) is 116 Å². The number of benzene rings is 2. The summed E-state index contributed by atoms with van der Waals surface area (Å²) in [7, 11) is 0. The van der Waals surface area contributed by atoms with Crippen LogP contribution in [-0.2, 0) is 20.8 Å². The van der Waals surface area contributed by atoms with Crippen molar-refractivity contribution in [2.45, 2.75) is 13.3 Å². The molecule has 1 heterocycles. The van der Waals surface area contributed by atoms with Gasteiger partial charge in [-0.05, 0) is 47.9 Å². The lowest BCUT2D eigenvalue weighted by Gasteiger charge is -2.26. The fourth-order valence-corrected chi connectivity index (χ4v) is 2.74. The van der Waals surface area contributed by atoms with Crippen molar-refractivity contribution in [1.82, 2.24) is 5.32 Å². The largest absolute Gasteiger partial charge is 0.546 e. The van der Waals surface area contributed by atoms with Crippen molar-refractivity contribution in [2.75, 3.05) is 11.5 Å². The Morgan fingerprint density at radius 1 is 1.07 bits per heavy atom. The first-order valence-electron chi connectivity index (χ1n) is 8.82. The number of anilines is 1. The van der Waals surface area contributed by atoms with Crippen molar-refractivity contribution in [2.24, 2.45) is 0 Å². The van der Waals surface area contributed by atoms with Gasteiger partial charge in [0.2, 0.25) is 0 Å². The number of urea groups is 1. The average Bonchev–Trinajstić information content (AvgIpc) is 2.71. The number of hydrogen-bond donors (Lipinski definition) is 1. The number of imide groups is 2. The minimum absolute atomic E-state index is 0.201. The molecular weight excluding hydrogens is 376 g/mol. The standard InChI is InChI=1S/C21H18N2O6/c1-2-13-3-7-15(8-4-13)23-20(27)17(19(26)22-21(23)28)11-14-5-9-16(10-6-14)29-12-18(24)25/h3-11H,2,12H2,1H3,(H,24,25)(H,22,26,28)/p-1/b17-11+. The molecule has 1 fully saturated rings. The van der Waals surface area contributed by atoms with E-state index in [0.717, 1.165) is 16.9 Å². The van der Waals surface area contributed by atoms with Gasteiger partial charge < -0.3 is 14.6 Å². The van der Waals surface area contributed by atoms with Crippen LogP contribution in [0.4, 0.5) is 10.5 Å². The van der Waals surface area contributed by atoms with Gasteiger partial charge in [-0.25, -0.2) is 9.69 Å². The molecule has 148 valence electrons. The predicted octanol–water partition coefficient (Wildman–Crippen LogP) is 1.04. The van der Waals surface area contributed by atoms with Gasteiger partial charge in [0, 0.05) is 0 Å². The Labute approximate surface area is 166 Å². The fraction of sp³-hybridized carbons (Fsp3) is 0.143. The van der Waals surface area contributed by atoms with Crippen LogP contribution in [-0.4, -0.2) is 30.4 Å². The van der Waals surface area contributed by atoms with Crippen LogP contribution in [0.5, 0.6) is 5.75 Å². The highest BCUT2D eigenvalue weighted by Crippen LogP contribution is 2.23. The number of carbonyl (C=O) groups is 4. The first kappa shape index (κ1) is 19.8. The van der Waals surface area contributed by atoms with Crippen molar-refractivity contribution >= 4 is 35.6 Å². The Morgan fingerprint density at radius 3 is 2.31 bits per heavy atom. The molecule has 1 saturated heterocycles. The van der Waals surface area contributed by atoms with Crippen LogP contribution in [0.1, 0.15) is 18.1 Å². The van der Waals surface area contributed by atoms with Gasteiger partial charge >= 0.3 is 6.03 Å². The van der Waals surface area contributed by atoms with E-state index in [9.17, 15) is 24.3 Å². The molecule has 0 atom stereocenters. The molecule has 0 bridgehead atoms. The molecule has 8 heteroatoms. The quantitative estimate of drug-likeness (QED) is 0.579. The maximum atomic E-state index is 12.8. The summed E-state index contributed by atoms with van der Waals surface area (Å²) in [4.78, 5) is 48.6. The Balaban J connectivity index is 1.85. The van der Waals surface area contributed by atoms with Gasteiger partial charge in [-0.1, -0.05) is 31.2 Å². The maximum Gasteiger partial charge on any atom is 0.335 e. The molecule has 1 aliphatic heterocycles. The highest BCUT2D eigenvalue weighted by molar-refractivity contribution is 6.39. The lowest BCUT2D eigenvalue weighted by atomic mass is 10.1. The number of carboxylic acids is 1. The van der Waals surface area contributed by atoms with Crippen LogP contribution < -0.4 is 20.1 Å². The zero-order valence-electron chi connectivity index (χ0n) is 15.5. The zero-order valence-corrected chi connectivity index (χ0v) is 15.5. The number of aliphatic carboxylic acids is 1. The number of nitrogens with one attached hydrogen (secondary N) is 1. The number of rotatable bonds is 6. The molecule has 8 nitrogen and oxygen atoms in total. The lowest BCUT2D eigenvalue weighted by molar-refractivity contribution is -0.307. The van der Waals surface area contributed by atoms with Gasteiger partial charge in [0.05, 0.1) is 11.7 Å². The van der Waals surface area contributed by atoms with Crippen LogP contribution in [0.3, 0.4) is 0 Å². The van der Waals surface area contributed by atoms with E-state index in [4.69, 9.17) is 4.74 Å². The summed E-state index contributed by atoms with van der Waals surface area (Å²) in [5, 5.41) is 12.6. The van der Waals surface area contributed by atoms with Crippen LogP contribution in [0, 0.1) is 0 Å². The summed E-state index contributed by atoms with van der Waals surface area (Å²) in [6.45, 7) is 1.40. The molecule has 0 aliphatic carbocycles. The van der Waals surface area contributed by atoms with Crippen molar-refractivity contribution in [3.63, 3.8) is 0 Å². The molecule has 0 aromatic heterocycles. The third-order valence-electron chi connectivity index (χ3n) is 4.25. The van der Waals surface area contributed by atoms with Crippen molar-refractivity contribution in [3.8, 4) is 5.75 Å². The number of aryl methyl sites for hydroxylation is 1. The van der Waals surface area contributed by atoms with E-state index < -0.39 is 30.4 Å². The normalized spacial score (nSPS) is 15.4. The molecule has 0 saturated carbocycles. The smallest absolute Gasteiger partial charge is 0.335 e. The molecule has 2 aromatic carbocycles. The van der Waals surface area contributed by atoms with E-state index in [0.29, 0.717) is 17.0 Å². The van der Waals surface area contributed by atoms with Gasteiger partial charge in [-0.15, -0.1) is 0 Å². The molecule has 3 rings (SSSR count). The van der Waals surface area contributed by atoms with Crippen LogP contribution in [0.25, 0.3) is 6.08 Å². The summed E-state index contributed by atoms with van der Waals surface area (Å²) in [6.07, 6.45) is 2.16. The van der Waals surface area contributed by atoms with Gasteiger partial charge in [-0.3, -0.25) is 14.9 Å². The molecule has 0 radical (unpaired) electrons. The lowest BCUT2D eigenvalue weighted by Crippen LogP contribution is -2.54. The summed E-state index contributed by atoms with van der Waals surface area (Å²) in [6, 6.07) is 12.2. The van der Waals surface area contributed by atoms with Crippen LogP contribution in [0.2, 0.25) is 0 Å². The number of carboxylic acid groups (broad SMARTS) is 1. The number of amides is 4. The number of barbiturate groups is 1. The average molecular weight is 393 g/mol. The summed E-state index contributed by atoms with van der Waals surface area (Å²) in [5.41, 5.74) is 1.70. The summed E-state index contributed by atoms with van der Waals surface area (Å²) >= 11 is 0. The second-order valence-corrected chi connectivity index (χ2v) is 6.21. The van der Waals surface area contributed by atoms with Crippen molar-refractivity contribution in [3.05, 3.63) is 65.2 Å². The van der Waals surface area contributed by atoms with Crippen molar-refractivity contribution in [1.29, 1.82) is 0 Å². The monoisotopic (exact) mass is 393 g/mol. The van der Waals surface area contributed by atoms with E-state index in [1.165, 1.54) is 18.2 Å². The summed E-state index contributed by atoms with van der Waals surface area (Å²) < 4.78 is 4.98. The number of nitrogens with zero attached hydrogens (tertiary/aromatic N) is 1. The van der Waals surface area contributed by atoms with Gasteiger partial charge in [0.1, 0.15) is 17.9 Å². The van der Waals surface area contributed by atoms with Crippen molar-refractivity contribution < 1.29 is 29.0 Å². The molecule has 4 amide bonds. The zero-order chi connectivity index (χ0) is 21.0. The Hall–Kier alpha value is -3.94. The van der Waals surface area contributed by atoms with E-state index >= 15 is 0 Å².